The Labute approximate surface area is 230 Å². The Balaban J connectivity index is 1.29. The molecule has 0 spiro atoms. The first-order chi connectivity index (χ1) is 18.3. The predicted octanol–water partition coefficient (Wildman–Crippen LogP) is 5.42. The van der Waals surface area contributed by atoms with Gasteiger partial charge in [-0.2, -0.15) is 0 Å². The number of carbonyl (C=O) groups is 3. The van der Waals surface area contributed by atoms with Crippen LogP contribution in [-0.4, -0.2) is 40.0 Å². The van der Waals surface area contributed by atoms with Gasteiger partial charge in [0, 0.05) is 30.3 Å². The summed E-state index contributed by atoms with van der Waals surface area (Å²) in [7, 11) is 0. The smallest absolute Gasteiger partial charge is 0.326 e. The second-order valence-electron chi connectivity index (χ2n) is 9.26. The van der Waals surface area contributed by atoms with Gasteiger partial charge in [-0.05, 0) is 67.6 Å². The van der Waals surface area contributed by atoms with Crippen molar-refractivity contribution < 1.29 is 19.5 Å². The Hall–Kier alpha value is -3.62. The predicted molar refractivity (Wildman–Crippen MR) is 148 cm³/mol. The first-order valence-corrected chi connectivity index (χ1v) is 13.1. The molecule has 0 unspecified atom stereocenters. The summed E-state index contributed by atoms with van der Waals surface area (Å²) < 4.78 is 0. The number of carbonyl (C=O) groups excluding carboxylic acids is 2. The van der Waals surface area contributed by atoms with Crippen LogP contribution < -0.4 is 16.0 Å². The third kappa shape index (κ3) is 7.24. The maximum absolute atomic E-state index is 12.8. The van der Waals surface area contributed by atoms with Crippen molar-refractivity contribution in [3.63, 3.8) is 0 Å². The largest absolute Gasteiger partial charge is 0.480 e. The van der Waals surface area contributed by atoms with Crippen molar-refractivity contribution in [3.8, 4) is 0 Å². The van der Waals surface area contributed by atoms with Gasteiger partial charge in [0.1, 0.15) is 11.9 Å². The molecule has 1 aliphatic carbocycles. The molecule has 1 fully saturated rings. The Kier molecular flexibility index (Phi) is 9.20. The molecule has 38 heavy (non-hydrogen) atoms. The van der Waals surface area contributed by atoms with Gasteiger partial charge in [-0.15, -0.1) is 0 Å². The van der Waals surface area contributed by atoms with Crippen LogP contribution in [0.4, 0.5) is 11.5 Å². The number of carboxylic acid groups (broad SMARTS) is 1. The summed E-state index contributed by atoms with van der Waals surface area (Å²) in [5, 5.41) is 18.8. The molecular formula is C28H28Cl2N4O4. The standard InChI is InChI=1S/C28H28Cl2N4O4/c29-21-4-3-5-22(30)25(21)27(36)34-23(28(37)38)16-17-7-11-20(12-8-17)33-26(35)18-9-13-19(14-10-18)32-24-6-1-2-15-31-24/h1-8,11-12,15,18-19,23H,9-10,13-14,16H2,(H,31,32)(H,33,35)(H,34,36)(H,37,38)/t18-,19-,23-/m0/s1. The second-order valence-corrected chi connectivity index (χ2v) is 10.1. The SMILES string of the molecule is O=C(N[C@@H](Cc1ccc(NC(=O)[C@H]2CC[C@H](Nc3ccccn3)CC2)cc1)C(=O)O)c1c(Cl)cccc1Cl. The number of benzene rings is 2. The number of hydrogen-bond donors (Lipinski definition) is 4. The number of rotatable bonds is 9. The number of pyridine rings is 1. The highest BCUT2D eigenvalue weighted by atomic mass is 35.5. The average molecular weight is 555 g/mol. The van der Waals surface area contributed by atoms with Crippen molar-refractivity contribution in [3.05, 3.63) is 88.0 Å². The molecule has 2 amide bonds. The number of anilines is 2. The molecule has 198 valence electrons. The second kappa shape index (κ2) is 12.8. The fourth-order valence-corrected chi connectivity index (χ4v) is 5.08. The molecule has 2 aromatic carbocycles. The number of aliphatic carboxylic acids is 1. The van der Waals surface area contributed by atoms with Crippen LogP contribution in [0.25, 0.3) is 0 Å². The monoisotopic (exact) mass is 554 g/mol. The van der Waals surface area contributed by atoms with E-state index in [4.69, 9.17) is 23.2 Å². The number of nitrogens with zero attached hydrogens (tertiary/aromatic N) is 1. The number of aromatic nitrogens is 1. The van der Waals surface area contributed by atoms with Crippen LogP contribution in [0.1, 0.15) is 41.6 Å². The molecule has 3 aromatic rings. The van der Waals surface area contributed by atoms with Crippen LogP contribution in [0, 0.1) is 5.92 Å². The van der Waals surface area contributed by atoms with Crippen LogP contribution in [0.2, 0.25) is 10.0 Å². The molecule has 4 N–H and O–H groups in total. The van der Waals surface area contributed by atoms with E-state index in [1.165, 1.54) is 12.1 Å². The molecule has 4 rings (SSSR count). The molecule has 1 atom stereocenters. The van der Waals surface area contributed by atoms with E-state index in [0.717, 1.165) is 31.5 Å². The van der Waals surface area contributed by atoms with Crippen molar-refractivity contribution in [2.75, 3.05) is 10.6 Å². The summed E-state index contributed by atoms with van der Waals surface area (Å²) in [5.41, 5.74) is 1.34. The minimum Gasteiger partial charge on any atom is -0.480 e. The summed E-state index contributed by atoms with van der Waals surface area (Å²) in [5.74, 6) is -1.10. The molecule has 10 heteroatoms. The quantitative estimate of drug-likeness (QED) is 0.280. The van der Waals surface area contributed by atoms with Gasteiger partial charge in [0.05, 0.1) is 15.6 Å². The zero-order valence-corrected chi connectivity index (χ0v) is 22.0. The number of amides is 2. The lowest BCUT2D eigenvalue weighted by molar-refractivity contribution is -0.139. The van der Waals surface area contributed by atoms with E-state index in [0.29, 0.717) is 17.3 Å². The van der Waals surface area contributed by atoms with Crippen molar-refractivity contribution >= 4 is 52.5 Å². The van der Waals surface area contributed by atoms with Crippen molar-refractivity contribution in [1.82, 2.24) is 10.3 Å². The Morgan fingerprint density at radius 3 is 2.21 bits per heavy atom. The van der Waals surface area contributed by atoms with Crippen molar-refractivity contribution in [2.24, 2.45) is 5.92 Å². The van der Waals surface area contributed by atoms with Gasteiger partial charge < -0.3 is 21.1 Å². The molecule has 0 saturated heterocycles. The minimum atomic E-state index is -1.19. The average Bonchev–Trinajstić information content (AvgIpc) is 2.90. The van der Waals surface area contributed by atoms with E-state index in [1.807, 2.05) is 18.2 Å². The third-order valence-electron chi connectivity index (χ3n) is 6.57. The highest BCUT2D eigenvalue weighted by Gasteiger charge is 2.27. The molecule has 0 aliphatic heterocycles. The van der Waals surface area contributed by atoms with Gasteiger partial charge in [0.2, 0.25) is 5.91 Å². The van der Waals surface area contributed by atoms with Gasteiger partial charge in [0.15, 0.2) is 0 Å². The van der Waals surface area contributed by atoms with Crippen LogP contribution in [0.5, 0.6) is 0 Å². The summed E-state index contributed by atoms with van der Waals surface area (Å²) in [6.45, 7) is 0. The summed E-state index contributed by atoms with van der Waals surface area (Å²) in [6, 6.07) is 16.4. The molecule has 0 radical (unpaired) electrons. The van der Waals surface area contributed by atoms with E-state index in [2.05, 4.69) is 20.9 Å². The fraction of sp³-hybridized carbons (Fsp3) is 0.286. The van der Waals surface area contributed by atoms with Crippen LogP contribution >= 0.6 is 23.2 Å². The topological polar surface area (TPSA) is 120 Å². The lowest BCUT2D eigenvalue weighted by Gasteiger charge is -2.28. The van der Waals surface area contributed by atoms with Gasteiger partial charge in [0.25, 0.3) is 5.91 Å². The molecule has 1 aromatic heterocycles. The number of hydrogen-bond acceptors (Lipinski definition) is 5. The zero-order valence-electron chi connectivity index (χ0n) is 20.5. The van der Waals surface area contributed by atoms with Crippen LogP contribution in [0.15, 0.2) is 66.9 Å². The molecular weight excluding hydrogens is 527 g/mol. The lowest BCUT2D eigenvalue weighted by atomic mass is 9.85. The number of halogens is 2. The van der Waals surface area contributed by atoms with Crippen LogP contribution in [0.3, 0.4) is 0 Å². The van der Waals surface area contributed by atoms with Gasteiger partial charge in [-0.3, -0.25) is 9.59 Å². The molecule has 0 bridgehead atoms. The minimum absolute atomic E-state index is 0.0265. The van der Waals surface area contributed by atoms with E-state index in [1.54, 1.807) is 36.5 Å². The van der Waals surface area contributed by atoms with Crippen molar-refractivity contribution in [2.45, 2.75) is 44.2 Å². The number of carboxylic acids is 1. The molecule has 1 aliphatic rings. The zero-order chi connectivity index (χ0) is 27.1. The van der Waals surface area contributed by atoms with Gasteiger partial charge in [-0.25, -0.2) is 9.78 Å². The molecule has 1 saturated carbocycles. The highest BCUT2D eigenvalue weighted by molar-refractivity contribution is 6.39. The third-order valence-corrected chi connectivity index (χ3v) is 7.20. The first kappa shape index (κ1) is 27.4. The van der Waals surface area contributed by atoms with E-state index in [9.17, 15) is 19.5 Å². The Bertz CT molecular complexity index is 1260. The Morgan fingerprint density at radius 1 is 0.921 bits per heavy atom. The van der Waals surface area contributed by atoms with Gasteiger partial charge in [-0.1, -0.05) is 47.5 Å². The summed E-state index contributed by atoms with van der Waals surface area (Å²) in [6.07, 6.45) is 5.13. The molecule has 8 nitrogen and oxygen atoms in total. The normalized spacial score (nSPS) is 17.7. The van der Waals surface area contributed by atoms with E-state index in [-0.39, 0.29) is 33.9 Å². The number of nitrogens with one attached hydrogen (secondary N) is 3. The first-order valence-electron chi connectivity index (χ1n) is 12.3. The summed E-state index contributed by atoms with van der Waals surface area (Å²) >= 11 is 12.1. The van der Waals surface area contributed by atoms with E-state index < -0.39 is 17.9 Å². The lowest BCUT2D eigenvalue weighted by Crippen LogP contribution is -2.42. The maximum atomic E-state index is 12.8. The Morgan fingerprint density at radius 2 is 1.61 bits per heavy atom. The maximum Gasteiger partial charge on any atom is 0.326 e. The van der Waals surface area contributed by atoms with Crippen molar-refractivity contribution in [1.29, 1.82) is 0 Å². The molecule has 1 heterocycles. The fourth-order valence-electron chi connectivity index (χ4n) is 4.51. The van der Waals surface area contributed by atoms with Crippen LogP contribution in [-0.2, 0) is 16.0 Å². The van der Waals surface area contributed by atoms with E-state index >= 15 is 0 Å². The summed E-state index contributed by atoms with van der Waals surface area (Å²) in [4.78, 5) is 41.5. The van der Waals surface area contributed by atoms with Gasteiger partial charge >= 0.3 is 5.97 Å². The highest BCUT2D eigenvalue weighted by Crippen LogP contribution is 2.28.